The maximum absolute atomic E-state index is 13.6. The molecule has 3 nitrogen and oxygen atoms in total. The molecule has 0 unspecified atom stereocenters. The minimum atomic E-state index is -0.606. The van der Waals surface area contributed by atoms with Gasteiger partial charge in [-0.1, -0.05) is 30.3 Å². The monoisotopic (exact) mass is 306 g/mol. The van der Waals surface area contributed by atoms with E-state index in [0.29, 0.717) is 6.42 Å². The summed E-state index contributed by atoms with van der Waals surface area (Å²) in [4.78, 5) is 0. The normalized spacial score (nSPS) is 21.9. The zero-order valence-electron chi connectivity index (χ0n) is 13.7. The number of halogens is 1. The third-order valence-corrected chi connectivity index (χ3v) is 4.48. The van der Waals surface area contributed by atoms with Crippen LogP contribution in [-0.4, -0.2) is 30.0 Å². The third kappa shape index (κ3) is 3.78. The highest BCUT2D eigenvalue weighted by molar-refractivity contribution is 6.48. The molecule has 22 heavy (non-hydrogen) atoms. The number of hydrogen-bond acceptors (Lipinski definition) is 3. The Morgan fingerprint density at radius 1 is 1.18 bits per heavy atom. The minimum Gasteiger partial charge on any atom is -0.403 e. The topological polar surface area (TPSA) is 38.7 Å². The van der Waals surface area contributed by atoms with Crippen LogP contribution in [0.2, 0.25) is 5.82 Å². The molecule has 1 N–H and O–H groups in total. The summed E-state index contributed by atoms with van der Waals surface area (Å²) in [5, 5.41) is 8.97. The Balaban J connectivity index is 2.23. The maximum Gasteiger partial charge on any atom is 0.465 e. The number of aliphatic hydroxyl groups excluding tert-OH is 1. The van der Waals surface area contributed by atoms with Crippen LogP contribution in [0.1, 0.15) is 33.3 Å². The number of allylic oxidation sites excluding steroid dienone is 1. The molecule has 0 aromatic heterocycles. The van der Waals surface area contributed by atoms with Crippen molar-refractivity contribution in [1.29, 1.82) is 0 Å². The highest BCUT2D eigenvalue weighted by Gasteiger charge is 2.53. The summed E-state index contributed by atoms with van der Waals surface area (Å²) >= 11 is 0. The summed E-state index contributed by atoms with van der Waals surface area (Å²) in [6, 6.07) is 9.81. The fourth-order valence-corrected chi connectivity index (χ4v) is 2.47. The van der Waals surface area contributed by atoms with Gasteiger partial charge in [0.25, 0.3) is 0 Å². The van der Waals surface area contributed by atoms with Crippen LogP contribution in [0.5, 0.6) is 0 Å². The van der Waals surface area contributed by atoms with Crippen LogP contribution in [0.15, 0.2) is 42.2 Å². The first-order chi connectivity index (χ1) is 10.2. The first-order valence-corrected chi connectivity index (χ1v) is 7.62. The molecule has 0 amide bonds. The van der Waals surface area contributed by atoms with Gasteiger partial charge in [-0.15, -0.1) is 0 Å². The zero-order valence-corrected chi connectivity index (χ0v) is 13.7. The van der Waals surface area contributed by atoms with Gasteiger partial charge in [-0.2, -0.15) is 0 Å². The lowest BCUT2D eigenvalue weighted by atomic mass is 9.68. The molecule has 0 bridgehead atoms. The van der Waals surface area contributed by atoms with E-state index < -0.39 is 30.8 Å². The quantitative estimate of drug-likeness (QED) is 0.846. The van der Waals surface area contributed by atoms with E-state index in [0.717, 1.165) is 5.56 Å². The number of rotatable bonds is 5. The smallest absolute Gasteiger partial charge is 0.403 e. The van der Waals surface area contributed by atoms with Gasteiger partial charge in [0.2, 0.25) is 0 Å². The van der Waals surface area contributed by atoms with E-state index in [4.69, 9.17) is 14.4 Å². The van der Waals surface area contributed by atoms with Crippen molar-refractivity contribution in [2.24, 2.45) is 0 Å². The van der Waals surface area contributed by atoms with E-state index in [1.54, 1.807) is 0 Å². The molecule has 1 saturated heterocycles. The second-order valence-electron chi connectivity index (χ2n) is 6.75. The fraction of sp³-hybridized carbons (Fsp3) is 0.529. The maximum atomic E-state index is 13.6. The van der Waals surface area contributed by atoms with E-state index in [1.807, 2.05) is 58.0 Å². The molecular formula is C17H24BFO3. The van der Waals surface area contributed by atoms with Crippen molar-refractivity contribution in [2.45, 2.75) is 51.1 Å². The van der Waals surface area contributed by atoms with E-state index in [1.165, 1.54) is 6.08 Å². The second-order valence-corrected chi connectivity index (χ2v) is 6.75. The average Bonchev–Trinajstić information content (AvgIpc) is 2.67. The van der Waals surface area contributed by atoms with Gasteiger partial charge in [-0.3, -0.25) is 0 Å². The standard InChI is InChI=1S/C17H24BFO3/c1-16(2)17(3,4)22-18(21-16)14(11-15(19)12-20)10-13-8-6-5-7-9-13/h5-9,11,14,20H,10,12H2,1-4H3/b15-11-/t14-/m1/s1. The molecule has 1 aliphatic heterocycles. The lowest BCUT2D eigenvalue weighted by molar-refractivity contribution is 0.00578. The van der Waals surface area contributed by atoms with Gasteiger partial charge in [-0.05, 0) is 45.8 Å². The van der Waals surface area contributed by atoms with E-state index in [2.05, 4.69) is 0 Å². The molecule has 1 fully saturated rings. The van der Waals surface area contributed by atoms with Crippen molar-refractivity contribution in [3.63, 3.8) is 0 Å². The first kappa shape index (κ1) is 17.2. The lowest BCUT2D eigenvalue weighted by Gasteiger charge is -2.32. The van der Waals surface area contributed by atoms with Gasteiger partial charge in [-0.25, -0.2) is 4.39 Å². The van der Waals surface area contributed by atoms with E-state index in [9.17, 15) is 4.39 Å². The molecule has 120 valence electrons. The van der Waals surface area contributed by atoms with Gasteiger partial charge >= 0.3 is 7.12 Å². The molecule has 1 heterocycles. The van der Waals surface area contributed by atoms with Crippen molar-refractivity contribution in [2.75, 3.05) is 6.61 Å². The summed E-state index contributed by atoms with van der Waals surface area (Å²) in [6.07, 6.45) is 2.00. The summed E-state index contributed by atoms with van der Waals surface area (Å²) in [6.45, 7) is 7.28. The van der Waals surface area contributed by atoms with Crippen molar-refractivity contribution < 1.29 is 18.8 Å². The van der Waals surface area contributed by atoms with Crippen LogP contribution >= 0.6 is 0 Å². The molecular weight excluding hydrogens is 282 g/mol. The Morgan fingerprint density at radius 2 is 1.73 bits per heavy atom. The molecule has 0 spiro atoms. The lowest BCUT2D eigenvalue weighted by Crippen LogP contribution is -2.41. The minimum absolute atomic E-state index is 0.296. The Morgan fingerprint density at radius 3 is 2.23 bits per heavy atom. The van der Waals surface area contributed by atoms with Gasteiger partial charge in [0.15, 0.2) is 0 Å². The van der Waals surface area contributed by atoms with Crippen LogP contribution in [0, 0.1) is 0 Å². The first-order valence-electron chi connectivity index (χ1n) is 7.62. The molecule has 5 heteroatoms. The molecule has 1 aromatic rings. The van der Waals surface area contributed by atoms with Crippen molar-refractivity contribution >= 4 is 7.12 Å². The Hall–Kier alpha value is -1.17. The van der Waals surface area contributed by atoms with Crippen LogP contribution in [0.4, 0.5) is 4.39 Å². The zero-order chi connectivity index (χ0) is 16.4. The van der Waals surface area contributed by atoms with Crippen molar-refractivity contribution in [1.82, 2.24) is 0 Å². The van der Waals surface area contributed by atoms with Crippen molar-refractivity contribution in [3.8, 4) is 0 Å². The number of hydrogen-bond donors (Lipinski definition) is 1. The molecule has 1 atom stereocenters. The molecule has 0 saturated carbocycles. The SMILES string of the molecule is CC1(C)OB([C@@H](/C=C(\F)CO)Cc2ccccc2)OC1(C)C. The number of benzene rings is 1. The van der Waals surface area contributed by atoms with Crippen LogP contribution in [0.3, 0.4) is 0 Å². The molecule has 1 aliphatic rings. The Labute approximate surface area is 132 Å². The predicted octanol–water partition coefficient (Wildman–Crippen LogP) is 3.54. The van der Waals surface area contributed by atoms with Crippen LogP contribution in [0.25, 0.3) is 0 Å². The third-order valence-electron chi connectivity index (χ3n) is 4.48. The Kier molecular flexibility index (Phi) is 5.10. The second kappa shape index (κ2) is 6.53. The van der Waals surface area contributed by atoms with Gasteiger partial charge < -0.3 is 14.4 Å². The Bertz CT molecular complexity index is 512. The van der Waals surface area contributed by atoms with Gasteiger partial charge in [0, 0.05) is 5.82 Å². The van der Waals surface area contributed by atoms with Crippen LogP contribution < -0.4 is 0 Å². The molecule has 2 rings (SSSR count). The summed E-state index contributed by atoms with van der Waals surface area (Å²) in [5.41, 5.74) is 0.149. The van der Waals surface area contributed by atoms with Crippen LogP contribution in [-0.2, 0) is 15.7 Å². The van der Waals surface area contributed by atoms with E-state index in [-0.39, 0.29) is 5.82 Å². The van der Waals surface area contributed by atoms with Gasteiger partial charge in [0.05, 0.1) is 17.8 Å². The summed E-state index contributed by atoms with van der Waals surface area (Å²) in [7, 11) is -0.539. The molecule has 0 radical (unpaired) electrons. The predicted molar refractivity (Wildman–Crippen MR) is 86.3 cm³/mol. The highest BCUT2D eigenvalue weighted by atomic mass is 19.1. The molecule has 0 aliphatic carbocycles. The van der Waals surface area contributed by atoms with Crippen molar-refractivity contribution in [3.05, 3.63) is 47.8 Å². The summed E-state index contributed by atoms with van der Waals surface area (Å²) in [5.74, 6) is -0.855. The molecule has 1 aromatic carbocycles. The highest BCUT2D eigenvalue weighted by Crippen LogP contribution is 2.41. The largest absolute Gasteiger partial charge is 0.465 e. The fourth-order valence-electron chi connectivity index (χ4n) is 2.47. The summed E-state index contributed by atoms with van der Waals surface area (Å²) < 4.78 is 25.7. The van der Waals surface area contributed by atoms with Gasteiger partial charge in [0.1, 0.15) is 5.83 Å². The average molecular weight is 306 g/mol. The number of aliphatic hydroxyl groups is 1. The van der Waals surface area contributed by atoms with E-state index >= 15 is 0 Å².